The lowest BCUT2D eigenvalue weighted by Crippen LogP contribution is -2.19. The summed E-state index contributed by atoms with van der Waals surface area (Å²) in [5.41, 5.74) is 3.11. The highest BCUT2D eigenvalue weighted by Crippen LogP contribution is 2.29. The third kappa shape index (κ3) is 6.96. The highest BCUT2D eigenvalue weighted by atomic mass is 35.5. The second kappa shape index (κ2) is 12.0. The second-order valence-corrected chi connectivity index (χ2v) is 10.2. The summed E-state index contributed by atoms with van der Waals surface area (Å²) in [5, 5.41) is 4.27. The first-order valence-electron chi connectivity index (χ1n) is 11.0. The van der Waals surface area contributed by atoms with Crippen molar-refractivity contribution in [1.82, 2.24) is 5.43 Å². The van der Waals surface area contributed by atoms with Gasteiger partial charge in [-0.2, -0.15) is 5.10 Å². The number of carbonyl (C=O) groups is 2. The minimum atomic E-state index is -4.11. The molecule has 39 heavy (non-hydrogen) atoms. The summed E-state index contributed by atoms with van der Waals surface area (Å²) >= 11 is 12.0. The Labute approximate surface area is 233 Å². The highest BCUT2D eigenvalue weighted by Gasteiger charge is 2.21. The molecule has 0 saturated heterocycles. The molecule has 0 fully saturated rings. The molecule has 0 saturated carbocycles. The van der Waals surface area contributed by atoms with Gasteiger partial charge < -0.3 is 13.9 Å². The van der Waals surface area contributed by atoms with E-state index in [2.05, 4.69) is 15.2 Å². The molecule has 13 heteroatoms. The number of nitrogens with zero attached hydrogens (tertiary/aromatic N) is 1. The van der Waals surface area contributed by atoms with Crippen molar-refractivity contribution in [2.75, 3.05) is 11.8 Å². The number of sulfonamides is 1. The average Bonchev–Trinajstić information content (AvgIpc) is 3.46. The van der Waals surface area contributed by atoms with Gasteiger partial charge in [-0.15, -0.1) is 0 Å². The van der Waals surface area contributed by atoms with Crippen LogP contribution in [0.1, 0.15) is 26.5 Å². The van der Waals surface area contributed by atoms with Crippen molar-refractivity contribution in [1.29, 1.82) is 0 Å². The fourth-order valence-electron chi connectivity index (χ4n) is 3.20. The van der Waals surface area contributed by atoms with Crippen LogP contribution in [0.25, 0.3) is 0 Å². The molecule has 0 aliphatic rings. The van der Waals surface area contributed by atoms with Gasteiger partial charge in [0.05, 0.1) is 24.6 Å². The molecular formula is C26H19Cl2N3O7S. The van der Waals surface area contributed by atoms with Gasteiger partial charge in [0.25, 0.3) is 15.9 Å². The third-order valence-corrected chi connectivity index (χ3v) is 7.19. The molecule has 3 aromatic carbocycles. The Hall–Kier alpha value is -4.32. The summed E-state index contributed by atoms with van der Waals surface area (Å²) in [6.07, 6.45) is 2.68. The number of benzene rings is 3. The number of hydrogen-bond donors (Lipinski definition) is 2. The van der Waals surface area contributed by atoms with E-state index in [9.17, 15) is 18.0 Å². The first-order valence-corrected chi connectivity index (χ1v) is 13.3. The number of rotatable bonds is 9. The van der Waals surface area contributed by atoms with Crippen molar-refractivity contribution in [2.24, 2.45) is 5.10 Å². The molecule has 1 amide bonds. The van der Waals surface area contributed by atoms with Gasteiger partial charge in [0.2, 0.25) is 5.76 Å². The van der Waals surface area contributed by atoms with Gasteiger partial charge in [0.1, 0.15) is 4.90 Å². The first-order chi connectivity index (χ1) is 18.7. The largest absolute Gasteiger partial charge is 0.493 e. The Bertz CT molecular complexity index is 1640. The molecule has 0 aliphatic heterocycles. The van der Waals surface area contributed by atoms with Crippen LogP contribution in [-0.2, 0) is 10.0 Å². The van der Waals surface area contributed by atoms with Crippen LogP contribution in [-0.4, -0.2) is 33.6 Å². The number of carbonyl (C=O) groups excluding carboxylic acids is 2. The minimum absolute atomic E-state index is 0.00537. The van der Waals surface area contributed by atoms with E-state index in [1.54, 1.807) is 12.1 Å². The Balaban J connectivity index is 1.44. The number of hydrazone groups is 1. The van der Waals surface area contributed by atoms with E-state index in [4.69, 9.17) is 37.1 Å². The van der Waals surface area contributed by atoms with E-state index in [1.165, 1.54) is 74.2 Å². The van der Waals surface area contributed by atoms with Gasteiger partial charge in [-0.1, -0.05) is 23.2 Å². The Morgan fingerprint density at radius 1 is 0.974 bits per heavy atom. The topological polar surface area (TPSA) is 136 Å². The van der Waals surface area contributed by atoms with Crippen molar-refractivity contribution in [2.45, 2.75) is 4.90 Å². The van der Waals surface area contributed by atoms with E-state index in [0.29, 0.717) is 10.6 Å². The number of methoxy groups -OCH3 is 1. The molecule has 10 nitrogen and oxygen atoms in total. The molecule has 2 N–H and O–H groups in total. The van der Waals surface area contributed by atoms with Crippen molar-refractivity contribution in [3.8, 4) is 11.5 Å². The van der Waals surface area contributed by atoms with E-state index in [1.807, 2.05) is 0 Å². The van der Waals surface area contributed by atoms with Gasteiger partial charge in [0.15, 0.2) is 11.5 Å². The maximum absolute atomic E-state index is 12.9. The number of halogens is 2. The number of ether oxygens (including phenoxy) is 2. The van der Waals surface area contributed by atoms with Crippen LogP contribution in [0, 0.1) is 0 Å². The van der Waals surface area contributed by atoms with E-state index in [-0.39, 0.29) is 38.4 Å². The van der Waals surface area contributed by atoms with Crippen molar-refractivity contribution in [3.05, 3.63) is 106 Å². The monoisotopic (exact) mass is 587 g/mol. The zero-order valence-corrected chi connectivity index (χ0v) is 22.4. The van der Waals surface area contributed by atoms with Gasteiger partial charge in [0, 0.05) is 16.3 Å². The van der Waals surface area contributed by atoms with Crippen molar-refractivity contribution < 1.29 is 31.9 Å². The normalized spacial score (nSPS) is 11.3. The number of amides is 1. The fraction of sp³-hybridized carbons (Fsp3) is 0.0385. The number of furan rings is 1. The molecule has 200 valence electrons. The minimum Gasteiger partial charge on any atom is -0.493 e. The first kappa shape index (κ1) is 27.7. The molecule has 0 radical (unpaired) electrons. The van der Waals surface area contributed by atoms with Gasteiger partial charge >= 0.3 is 5.97 Å². The van der Waals surface area contributed by atoms with Gasteiger partial charge in [-0.25, -0.2) is 18.6 Å². The standard InChI is InChI=1S/C26H19Cl2N3O7S/c1-36-23-13-16(4-11-21(23)38-26(33)22-3-2-12-37-22)15-29-30-25(32)17-5-10-20(28)24(14-17)39(34,35)31-19-8-6-18(27)7-9-19/h2-15,31H,1H3,(H,30,32)/b29-15-. The zero-order valence-electron chi connectivity index (χ0n) is 20.1. The molecule has 4 aromatic rings. The van der Waals surface area contributed by atoms with Crippen LogP contribution >= 0.6 is 23.2 Å². The molecule has 1 aromatic heterocycles. The van der Waals surface area contributed by atoms with E-state index in [0.717, 1.165) is 6.07 Å². The Morgan fingerprint density at radius 2 is 1.74 bits per heavy atom. The van der Waals surface area contributed by atoms with E-state index < -0.39 is 21.9 Å². The van der Waals surface area contributed by atoms with Crippen LogP contribution in [0.5, 0.6) is 11.5 Å². The molecule has 4 rings (SSSR count). The fourth-order valence-corrected chi connectivity index (χ4v) is 4.91. The van der Waals surface area contributed by atoms with Crippen LogP contribution in [0.2, 0.25) is 10.0 Å². The Kier molecular flexibility index (Phi) is 8.55. The van der Waals surface area contributed by atoms with Gasteiger partial charge in [-0.3, -0.25) is 9.52 Å². The number of anilines is 1. The van der Waals surface area contributed by atoms with E-state index >= 15 is 0 Å². The molecule has 0 atom stereocenters. The molecule has 0 unspecified atom stereocenters. The number of hydrogen-bond acceptors (Lipinski definition) is 8. The lowest BCUT2D eigenvalue weighted by atomic mass is 10.2. The van der Waals surface area contributed by atoms with Crippen LogP contribution < -0.4 is 19.6 Å². The predicted octanol–water partition coefficient (Wildman–Crippen LogP) is 5.38. The molecule has 0 aliphatic carbocycles. The predicted molar refractivity (Wildman–Crippen MR) is 145 cm³/mol. The van der Waals surface area contributed by atoms with Crippen LogP contribution in [0.3, 0.4) is 0 Å². The molecule has 1 heterocycles. The molecular weight excluding hydrogens is 569 g/mol. The summed E-state index contributed by atoms with van der Waals surface area (Å²) in [7, 11) is -2.71. The lowest BCUT2D eigenvalue weighted by molar-refractivity contribution is 0.0696. The average molecular weight is 588 g/mol. The summed E-state index contributed by atoms with van der Waals surface area (Å²) in [5.74, 6) is -0.945. The Morgan fingerprint density at radius 3 is 2.44 bits per heavy atom. The van der Waals surface area contributed by atoms with Crippen molar-refractivity contribution >= 4 is 57.0 Å². The zero-order chi connectivity index (χ0) is 28.0. The smallest absolute Gasteiger partial charge is 0.379 e. The lowest BCUT2D eigenvalue weighted by Gasteiger charge is -2.11. The number of esters is 1. The maximum Gasteiger partial charge on any atom is 0.379 e. The second-order valence-electron chi connectivity index (χ2n) is 7.73. The van der Waals surface area contributed by atoms with Gasteiger partial charge in [-0.05, 0) is 78.4 Å². The third-order valence-electron chi connectivity index (χ3n) is 5.07. The summed E-state index contributed by atoms with van der Waals surface area (Å²) < 4.78 is 43.7. The number of nitrogens with one attached hydrogen (secondary N) is 2. The highest BCUT2D eigenvalue weighted by molar-refractivity contribution is 7.92. The summed E-state index contributed by atoms with van der Waals surface area (Å²) in [6, 6.07) is 17.5. The quantitative estimate of drug-likeness (QED) is 0.116. The SMILES string of the molecule is COc1cc(/C=N\NC(=O)c2ccc(Cl)c(S(=O)(=O)Nc3ccc(Cl)cc3)c2)ccc1OC(=O)c1ccco1. The molecule has 0 spiro atoms. The van der Waals surface area contributed by atoms with Crippen LogP contribution in [0.15, 0.2) is 93.5 Å². The summed E-state index contributed by atoms with van der Waals surface area (Å²) in [6.45, 7) is 0. The maximum atomic E-state index is 12.9. The van der Waals surface area contributed by atoms with Crippen molar-refractivity contribution in [3.63, 3.8) is 0 Å². The van der Waals surface area contributed by atoms with Crippen LogP contribution in [0.4, 0.5) is 5.69 Å². The molecule has 0 bridgehead atoms. The summed E-state index contributed by atoms with van der Waals surface area (Å²) in [4.78, 5) is 24.5.